The first-order valence-electron chi connectivity index (χ1n) is 4.75. The monoisotopic (exact) mass is 190 g/mol. The van der Waals surface area contributed by atoms with Crippen molar-refractivity contribution in [2.45, 2.75) is 19.3 Å². The number of ether oxygens (including phenoxy) is 1. The summed E-state index contributed by atoms with van der Waals surface area (Å²) < 4.78 is 5.28. The minimum atomic E-state index is -0.393. The van der Waals surface area contributed by atoms with E-state index in [9.17, 15) is 5.26 Å². The van der Waals surface area contributed by atoms with Crippen molar-refractivity contribution in [2.24, 2.45) is 5.41 Å². The van der Waals surface area contributed by atoms with Gasteiger partial charge >= 0.3 is 0 Å². The Balaban J connectivity index is 2.42. The molecule has 0 radical (unpaired) electrons. The van der Waals surface area contributed by atoms with Crippen molar-refractivity contribution in [3.63, 3.8) is 0 Å². The van der Waals surface area contributed by atoms with Gasteiger partial charge in [0, 0.05) is 11.9 Å². The number of nitrogens with one attached hydrogen (secondary N) is 1. The fraction of sp³-hybridized carbons (Fsp3) is 0.545. The van der Waals surface area contributed by atoms with Crippen LogP contribution in [0.1, 0.15) is 19.5 Å². The van der Waals surface area contributed by atoms with Gasteiger partial charge in [-0.15, -0.1) is 0 Å². The van der Waals surface area contributed by atoms with Crippen LogP contribution >= 0.6 is 0 Å². The molecule has 0 spiro atoms. The zero-order valence-electron chi connectivity index (χ0n) is 8.50. The largest absolute Gasteiger partial charge is 0.379 e. The Morgan fingerprint density at radius 3 is 2.64 bits per heavy atom. The minimum absolute atomic E-state index is 0.148. The van der Waals surface area contributed by atoms with E-state index in [0.717, 1.165) is 5.69 Å². The van der Waals surface area contributed by atoms with Crippen molar-refractivity contribution in [2.75, 3.05) is 13.2 Å². The predicted molar refractivity (Wildman–Crippen MR) is 52.7 cm³/mol. The highest BCUT2D eigenvalue weighted by Crippen LogP contribution is 2.46. The molecule has 1 N–H and O–H groups in total. The summed E-state index contributed by atoms with van der Waals surface area (Å²) >= 11 is 0. The molecule has 0 amide bonds. The topological polar surface area (TPSA) is 48.8 Å². The molecule has 1 aliphatic rings. The smallest absolute Gasteiger partial charge is 0.0750 e. The molecule has 0 aromatic carbocycles. The average Bonchev–Trinajstić information content (AvgIpc) is 2.55. The molecule has 3 nitrogen and oxygen atoms in total. The van der Waals surface area contributed by atoms with Gasteiger partial charge in [0.25, 0.3) is 0 Å². The van der Waals surface area contributed by atoms with E-state index in [4.69, 9.17) is 4.74 Å². The van der Waals surface area contributed by atoms with E-state index in [1.165, 1.54) is 0 Å². The first kappa shape index (κ1) is 9.29. The molecular formula is C11H14N2O. The van der Waals surface area contributed by atoms with Gasteiger partial charge in [-0.05, 0) is 26.0 Å². The lowest BCUT2D eigenvalue weighted by Gasteiger charge is -2.48. The predicted octanol–water partition coefficient (Wildman–Crippen LogP) is 1.83. The quantitative estimate of drug-likeness (QED) is 0.773. The van der Waals surface area contributed by atoms with E-state index in [-0.39, 0.29) is 5.41 Å². The fourth-order valence-electron chi connectivity index (χ4n) is 1.89. The van der Waals surface area contributed by atoms with Crippen LogP contribution in [0.25, 0.3) is 0 Å². The highest BCUT2D eigenvalue weighted by atomic mass is 16.5. The number of H-pyrrole nitrogens is 1. The summed E-state index contributed by atoms with van der Waals surface area (Å²) in [4.78, 5) is 3.19. The van der Waals surface area contributed by atoms with Crippen LogP contribution in [-0.2, 0) is 10.2 Å². The molecule has 1 aromatic rings. The molecule has 1 aromatic heterocycles. The van der Waals surface area contributed by atoms with Crippen molar-refractivity contribution in [3.05, 3.63) is 24.0 Å². The van der Waals surface area contributed by atoms with Gasteiger partial charge in [0.2, 0.25) is 0 Å². The molecule has 1 saturated heterocycles. The van der Waals surface area contributed by atoms with Gasteiger partial charge in [0.05, 0.1) is 30.1 Å². The van der Waals surface area contributed by atoms with E-state index in [2.05, 4.69) is 11.1 Å². The standard InChI is InChI=1S/C11H14N2O/c1-10(2,6-12)11(7-14-8-11)9-4-3-5-13-9/h3-5,13H,7-8H2,1-2H3. The third-order valence-electron chi connectivity index (χ3n) is 3.29. The maximum Gasteiger partial charge on any atom is 0.0750 e. The average molecular weight is 190 g/mol. The van der Waals surface area contributed by atoms with Gasteiger partial charge in [-0.2, -0.15) is 5.26 Å². The third kappa shape index (κ3) is 1.01. The third-order valence-corrected chi connectivity index (χ3v) is 3.29. The summed E-state index contributed by atoms with van der Waals surface area (Å²) in [7, 11) is 0. The molecule has 3 heteroatoms. The maximum absolute atomic E-state index is 9.17. The lowest BCUT2D eigenvalue weighted by Crippen LogP contribution is -2.56. The first-order valence-corrected chi connectivity index (χ1v) is 4.75. The van der Waals surface area contributed by atoms with E-state index in [1.807, 2.05) is 32.2 Å². The molecule has 0 bridgehead atoms. The Hall–Kier alpha value is -1.27. The van der Waals surface area contributed by atoms with Crippen molar-refractivity contribution in [1.29, 1.82) is 5.26 Å². The molecule has 14 heavy (non-hydrogen) atoms. The lowest BCUT2D eigenvalue weighted by molar-refractivity contribution is -0.104. The molecule has 0 unspecified atom stereocenters. The highest BCUT2D eigenvalue weighted by Gasteiger charge is 2.53. The number of nitriles is 1. The second-order valence-electron chi connectivity index (χ2n) is 4.40. The van der Waals surface area contributed by atoms with Crippen molar-refractivity contribution in [3.8, 4) is 6.07 Å². The van der Waals surface area contributed by atoms with Gasteiger partial charge in [-0.25, -0.2) is 0 Å². The summed E-state index contributed by atoms with van der Waals surface area (Å²) in [5, 5.41) is 9.17. The molecular weight excluding hydrogens is 176 g/mol. The normalized spacial score (nSPS) is 19.8. The van der Waals surface area contributed by atoms with Crippen LogP contribution in [0.15, 0.2) is 18.3 Å². The summed E-state index contributed by atoms with van der Waals surface area (Å²) in [5.41, 5.74) is 0.566. The van der Waals surface area contributed by atoms with Crippen LogP contribution < -0.4 is 0 Å². The number of hydrogen-bond donors (Lipinski definition) is 1. The van der Waals surface area contributed by atoms with Gasteiger partial charge < -0.3 is 9.72 Å². The van der Waals surface area contributed by atoms with E-state index < -0.39 is 5.41 Å². The van der Waals surface area contributed by atoms with E-state index in [0.29, 0.717) is 13.2 Å². The second kappa shape index (κ2) is 2.86. The Bertz CT molecular complexity index is 355. The first-order chi connectivity index (χ1) is 6.62. The Morgan fingerprint density at radius 1 is 1.57 bits per heavy atom. The summed E-state index contributed by atoms with van der Waals surface area (Å²) in [6.45, 7) is 5.20. The van der Waals surface area contributed by atoms with Crippen molar-refractivity contribution >= 4 is 0 Å². The number of hydrogen-bond acceptors (Lipinski definition) is 2. The van der Waals surface area contributed by atoms with Gasteiger partial charge in [-0.1, -0.05) is 0 Å². The molecule has 0 atom stereocenters. The van der Waals surface area contributed by atoms with Gasteiger partial charge in [0.1, 0.15) is 0 Å². The van der Waals surface area contributed by atoms with E-state index >= 15 is 0 Å². The Labute approximate surface area is 83.7 Å². The molecule has 0 aliphatic carbocycles. The molecule has 1 fully saturated rings. The van der Waals surface area contributed by atoms with E-state index in [1.54, 1.807) is 0 Å². The number of nitrogens with zero attached hydrogens (tertiary/aromatic N) is 1. The van der Waals surface area contributed by atoms with Crippen LogP contribution in [0.3, 0.4) is 0 Å². The van der Waals surface area contributed by atoms with Crippen LogP contribution in [0.4, 0.5) is 0 Å². The molecule has 74 valence electrons. The molecule has 2 heterocycles. The fourth-order valence-corrected chi connectivity index (χ4v) is 1.89. The zero-order chi connectivity index (χ0) is 10.2. The van der Waals surface area contributed by atoms with Crippen LogP contribution in [-0.4, -0.2) is 18.2 Å². The van der Waals surface area contributed by atoms with Crippen molar-refractivity contribution < 1.29 is 4.74 Å². The SMILES string of the molecule is CC(C)(C#N)C1(c2ccc[nH]2)COC1. The van der Waals surface area contributed by atoms with Crippen molar-refractivity contribution in [1.82, 2.24) is 4.98 Å². The van der Waals surface area contributed by atoms with Crippen LogP contribution in [0.2, 0.25) is 0 Å². The molecule has 0 saturated carbocycles. The molecule has 1 aliphatic heterocycles. The zero-order valence-corrected chi connectivity index (χ0v) is 8.50. The van der Waals surface area contributed by atoms with Gasteiger partial charge in [-0.3, -0.25) is 0 Å². The summed E-state index contributed by atoms with van der Waals surface area (Å²) in [6, 6.07) is 6.36. The minimum Gasteiger partial charge on any atom is -0.379 e. The summed E-state index contributed by atoms with van der Waals surface area (Å²) in [5.74, 6) is 0. The van der Waals surface area contributed by atoms with Gasteiger partial charge in [0.15, 0.2) is 0 Å². The number of aromatic nitrogens is 1. The number of rotatable bonds is 2. The second-order valence-corrected chi connectivity index (χ2v) is 4.40. The highest BCUT2D eigenvalue weighted by molar-refractivity contribution is 5.29. The van der Waals surface area contributed by atoms with Crippen LogP contribution in [0.5, 0.6) is 0 Å². The maximum atomic E-state index is 9.17. The summed E-state index contributed by atoms with van der Waals surface area (Å²) in [6.07, 6.45) is 1.89. The molecule has 2 rings (SSSR count). The lowest BCUT2D eigenvalue weighted by atomic mass is 9.63. The van der Waals surface area contributed by atoms with Crippen LogP contribution in [0, 0.1) is 16.7 Å². The Kier molecular flexibility index (Phi) is 1.90. The Morgan fingerprint density at radius 2 is 2.29 bits per heavy atom. The number of aromatic amines is 1.